The number of hydrogen-bond acceptors (Lipinski definition) is 7. The molecular weight excluding hydrogens is 481 g/mol. The van der Waals surface area contributed by atoms with Crippen LogP contribution >= 0.6 is 11.6 Å². The molecule has 0 unspecified atom stereocenters. The van der Waals surface area contributed by atoms with Crippen LogP contribution in [0.4, 0.5) is 4.39 Å². The topological polar surface area (TPSA) is 130 Å². The predicted molar refractivity (Wildman–Crippen MR) is 126 cm³/mol. The Bertz CT molecular complexity index is 1280. The Hall–Kier alpha value is -4.18. The van der Waals surface area contributed by atoms with Gasteiger partial charge in [0.1, 0.15) is 23.0 Å². The van der Waals surface area contributed by atoms with Crippen LogP contribution in [-0.4, -0.2) is 50.0 Å². The third kappa shape index (κ3) is 6.24. The summed E-state index contributed by atoms with van der Waals surface area (Å²) in [4.78, 5) is 40.5. The smallest absolute Gasteiger partial charge is 0.255 e. The quantitative estimate of drug-likeness (QED) is 0.408. The summed E-state index contributed by atoms with van der Waals surface area (Å²) >= 11 is 5.87. The average Bonchev–Trinajstić information content (AvgIpc) is 2.86. The van der Waals surface area contributed by atoms with Gasteiger partial charge in [-0.3, -0.25) is 14.4 Å². The second-order valence-corrected chi connectivity index (χ2v) is 7.51. The number of Topliss-reactive ketones (excluding diaryl/α,β-unsaturated/α-hetero) is 1. The number of carbonyl (C=O) groups is 3. The molecule has 0 saturated carbocycles. The van der Waals surface area contributed by atoms with Crippen LogP contribution in [0, 0.1) is 5.82 Å². The maximum atomic E-state index is 13.5. The van der Waals surface area contributed by atoms with Crippen LogP contribution in [0.5, 0.6) is 17.2 Å². The molecule has 3 rings (SSSR count). The molecule has 0 radical (unpaired) electrons. The highest BCUT2D eigenvalue weighted by molar-refractivity contribution is 6.31. The number of hydrogen-bond donors (Lipinski definition) is 2. The van der Waals surface area contributed by atoms with Crippen molar-refractivity contribution in [2.75, 3.05) is 27.4 Å². The first-order valence-corrected chi connectivity index (χ1v) is 10.5. The molecule has 35 heavy (non-hydrogen) atoms. The summed E-state index contributed by atoms with van der Waals surface area (Å²) in [6.07, 6.45) is 0. The van der Waals surface area contributed by atoms with E-state index in [1.807, 2.05) is 0 Å². The number of nitrogens with two attached hydrogens (primary N) is 1. The second-order valence-electron chi connectivity index (χ2n) is 7.10. The highest BCUT2D eigenvalue weighted by atomic mass is 35.5. The number of halogens is 2. The van der Waals surface area contributed by atoms with E-state index >= 15 is 0 Å². The molecule has 11 heteroatoms. The van der Waals surface area contributed by atoms with Crippen LogP contribution in [0.15, 0.2) is 48.5 Å². The number of pyridine rings is 1. The lowest BCUT2D eigenvalue weighted by atomic mass is 10.1. The van der Waals surface area contributed by atoms with E-state index < -0.39 is 23.4 Å². The molecular formula is C24H21ClFN3O6. The lowest BCUT2D eigenvalue weighted by Gasteiger charge is -2.12. The summed E-state index contributed by atoms with van der Waals surface area (Å²) in [5.74, 6) is -1.46. The Kier molecular flexibility index (Phi) is 8.21. The van der Waals surface area contributed by atoms with Gasteiger partial charge < -0.3 is 25.3 Å². The van der Waals surface area contributed by atoms with Gasteiger partial charge in [-0.25, -0.2) is 9.37 Å². The fraction of sp³-hybridized carbons (Fsp3) is 0.167. The minimum atomic E-state index is -0.662. The van der Waals surface area contributed by atoms with Crippen molar-refractivity contribution >= 4 is 29.2 Å². The van der Waals surface area contributed by atoms with Gasteiger partial charge in [0.2, 0.25) is 0 Å². The van der Waals surface area contributed by atoms with Gasteiger partial charge in [0, 0.05) is 11.1 Å². The van der Waals surface area contributed by atoms with Crippen LogP contribution in [-0.2, 0) is 4.79 Å². The summed E-state index contributed by atoms with van der Waals surface area (Å²) in [7, 11) is 2.81. The lowest BCUT2D eigenvalue weighted by molar-refractivity contribution is -0.119. The minimum absolute atomic E-state index is 0.0642. The highest BCUT2D eigenvalue weighted by Gasteiger charge is 2.17. The van der Waals surface area contributed by atoms with Crippen molar-refractivity contribution in [2.45, 2.75) is 0 Å². The minimum Gasteiger partial charge on any atom is -0.494 e. The van der Waals surface area contributed by atoms with Gasteiger partial charge in [-0.1, -0.05) is 11.6 Å². The van der Waals surface area contributed by atoms with E-state index in [1.54, 1.807) is 6.07 Å². The molecule has 1 heterocycles. The molecule has 3 N–H and O–H groups in total. The van der Waals surface area contributed by atoms with E-state index in [0.29, 0.717) is 17.0 Å². The maximum absolute atomic E-state index is 13.5. The molecule has 182 valence electrons. The third-order valence-corrected chi connectivity index (χ3v) is 5.05. The summed E-state index contributed by atoms with van der Waals surface area (Å²) in [5.41, 5.74) is 6.08. The standard InChI is InChI=1S/C24H21ClFN3O6/c1-33-20-8-6-17(29-23(20)13-3-5-16(26)15(25)9-13)18(30)11-28-24(32)14-4-7-19(21(10-14)34-2)35-12-22(27)31/h3-10H,11-12H2,1-2H3,(H2,27,31)(H,28,32). The van der Waals surface area contributed by atoms with Crippen molar-refractivity contribution in [3.63, 3.8) is 0 Å². The van der Waals surface area contributed by atoms with E-state index in [2.05, 4.69) is 10.3 Å². The van der Waals surface area contributed by atoms with E-state index in [9.17, 15) is 18.8 Å². The van der Waals surface area contributed by atoms with Gasteiger partial charge in [0.15, 0.2) is 23.9 Å². The molecule has 2 amide bonds. The van der Waals surface area contributed by atoms with Gasteiger partial charge in [-0.2, -0.15) is 0 Å². The fourth-order valence-electron chi connectivity index (χ4n) is 3.05. The van der Waals surface area contributed by atoms with Gasteiger partial charge in [-0.15, -0.1) is 0 Å². The monoisotopic (exact) mass is 501 g/mol. The maximum Gasteiger partial charge on any atom is 0.255 e. The Morgan fingerprint density at radius 3 is 2.37 bits per heavy atom. The average molecular weight is 502 g/mol. The highest BCUT2D eigenvalue weighted by Crippen LogP contribution is 2.31. The van der Waals surface area contributed by atoms with E-state index in [-0.39, 0.29) is 40.9 Å². The molecule has 0 saturated heterocycles. The van der Waals surface area contributed by atoms with Gasteiger partial charge in [0.25, 0.3) is 11.8 Å². The van der Waals surface area contributed by atoms with Gasteiger partial charge in [-0.05, 0) is 48.5 Å². The summed E-state index contributed by atoms with van der Waals surface area (Å²) in [6.45, 7) is -0.693. The molecule has 0 aliphatic rings. The molecule has 0 aliphatic heterocycles. The first-order valence-electron chi connectivity index (χ1n) is 10.1. The number of amides is 2. The van der Waals surface area contributed by atoms with Crippen LogP contribution in [0.2, 0.25) is 5.02 Å². The zero-order chi connectivity index (χ0) is 25.5. The Morgan fingerprint density at radius 2 is 1.71 bits per heavy atom. The van der Waals surface area contributed by atoms with Crippen molar-refractivity contribution in [1.82, 2.24) is 10.3 Å². The first-order chi connectivity index (χ1) is 16.7. The Labute approximate surface area is 205 Å². The molecule has 0 fully saturated rings. The van der Waals surface area contributed by atoms with Crippen molar-refractivity contribution in [3.05, 3.63) is 70.6 Å². The van der Waals surface area contributed by atoms with E-state index in [4.69, 9.17) is 31.5 Å². The number of benzene rings is 2. The molecule has 0 atom stereocenters. The second kappa shape index (κ2) is 11.3. The van der Waals surface area contributed by atoms with Crippen molar-refractivity contribution in [3.8, 4) is 28.5 Å². The van der Waals surface area contributed by atoms with E-state index in [1.165, 1.54) is 56.7 Å². The number of aromatic nitrogens is 1. The molecule has 0 bridgehead atoms. The number of carbonyl (C=O) groups excluding carboxylic acids is 3. The third-order valence-electron chi connectivity index (χ3n) is 4.76. The largest absolute Gasteiger partial charge is 0.494 e. The summed E-state index contributed by atoms with van der Waals surface area (Å²) < 4.78 is 29.2. The van der Waals surface area contributed by atoms with Crippen molar-refractivity contribution in [2.24, 2.45) is 5.73 Å². The number of nitrogens with one attached hydrogen (secondary N) is 1. The fourth-order valence-corrected chi connectivity index (χ4v) is 3.23. The van der Waals surface area contributed by atoms with Crippen molar-refractivity contribution < 1.29 is 33.0 Å². The Balaban J connectivity index is 1.74. The first kappa shape index (κ1) is 25.4. The number of ketones is 1. The van der Waals surface area contributed by atoms with Gasteiger partial charge >= 0.3 is 0 Å². The number of primary amides is 1. The molecule has 2 aromatic carbocycles. The summed E-state index contributed by atoms with van der Waals surface area (Å²) in [6, 6.07) is 11.3. The number of methoxy groups -OCH3 is 2. The Morgan fingerprint density at radius 1 is 1.00 bits per heavy atom. The van der Waals surface area contributed by atoms with Crippen LogP contribution < -0.4 is 25.3 Å². The number of rotatable bonds is 10. The normalized spacial score (nSPS) is 10.4. The SMILES string of the molecule is COc1cc(C(=O)NCC(=O)c2ccc(OC)c(-c3ccc(F)c(Cl)c3)n2)ccc1OCC(N)=O. The lowest BCUT2D eigenvalue weighted by Crippen LogP contribution is -2.30. The van der Waals surface area contributed by atoms with E-state index in [0.717, 1.165) is 0 Å². The molecule has 3 aromatic rings. The predicted octanol–water partition coefficient (Wildman–Crippen LogP) is 3.04. The zero-order valence-corrected chi connectivity index (χ0v) is 19.5. The van der Waals surface area contributed by atoms with Crippen LogP contribution in [0.3, 0.4) is 0 Å². The molecule has 1 aromatic heterocycles. The number of ether oxygens (including phenoxy) is 3. The summed E-state index contributed by atoms with van der Waals surface area (Å²) in [5, 5.41) is 2.42. The molecule has 9 nitrogen and oxygen atoms in total. The van der Waals surface area contributed by atoms with Gasteiger partial charge in [0.05, 0.1) is 25.8 Å². The molecule has 0 aliphatic carbocycles. The van der Waals surface area contributed by atoms with Crippen molar-refractivity contribution in [1.29, 1.82) is 0 Å². The zero-order valence-electron chi connectivity index (χ0n) is 18.8. The number of nitrogens with zero attached hydrogens (tertiary/aromatic N) is 1. The van der Waals surface area contributed by atoms with Crippen LogP contribution in [0.1, 0.15) is 20.8 Å². The van der Waals surface area contributed by atoms with Crippen LogP contribution in [0.25, 0.3) is 11.3 Å². The molecule has 0 spiro atoms.